The lowest BCUT2D eigenvalue weighted by Crippen LogP contribution is -2.32. The Hall–Kier alpha value is -2.83. The summed E-state index contributed by atoms with van der Waals surface area (Å²) in [5.74, 6) is 0.123. The Morgan fingerprint density at radius 2 is 2.05 bits per heavy atom. The van der Waals surface area contributed by atoms with E-state index in [0.29, 0.717) is 11.4 Å². The van der Waals surface area contributed by atoms with Crippen molar-refractivity contribution in [3.05, 3.63) is 57.4 Å². The van der Waals surface area contributed by atoms with Gasteiger partial charge in [-0.3, -0.25) is 19.1 Å². The zero-order valence-electron chi connectivity index (χ0n) is 10.8. The van der Waals surface area contributed by atoms with Crippen molar-refractivity contribution in [3.63, 3.8) is 0 Å². The number of amides is 1. The lowest BCUT2D eigenvalue weighted by Gasteiger charge is -2.10. The number of benzene rings is 1. The number of nitrogens with one attached hydrogen (secondary N) is 2. The first-order valence-corrected chi connectivity index (χ1v) is 5.83. The van der Waals surface area contributed by atoms with E-state index >= 15 is 0 Å². The van der Waals surface area contributed by atoms with Crippen LogP contribution in [0.4, 0.5) is 5.69 Å². The van der Waals surface area contributed by atoms with Gasteiger partial charge in [0.05, 0.1) is 12.8 Å². The number of hydrogen-bond acceptors (Lipinski definition) is 4. The van der Waals surface area contributed by atoms with Crippen LogP contribution in [0.3, 0.4) is 0 Å². The molecule has 0 unspecified atom stereocenters. The number of carbonyl (C=O) groups is 1. The first kappa shape index (κ1) is 13.6. The molecule has 0 fully saturated rings. The molecule has 0 spiro atoms. The highest BCUT2D eigenvalue weighted by Gasteiger charge is 2.08. The summed E-state index contributed by atoms with van der Waals surface area (Å²) in [5.41, 5.74) is -0.624. The second kappa shape index (κ2) is 5.87. The lowest BCUT2D eigenvalue weighted by atomic mass is 10.3. The molecule has 0 saturated carbocycles. The van der Waals surface area contributed by atoms with Gasteiger partial charge in [0.1, 0.15) is 12.3 Å². The SMILES string of the molecule is COc1ccccc1NC(=O)Cn1ccc(=O)[nH]c1=O. The number of hydrogen-bond donors (Lipinski definition) is 2. The third kappa shape index (κ3) is 3.14. The summed E-state index contributed by atoms with van der Waals surface area (Å²) in [6.45, 7) is -0.201. The van der Waals surface area contributed by atoms with Crippen molar-refractivity contribution in [3.8, 4) is 5.75 Å². The number of aromatic amines is 1. The first-order valence-electron chi connectivity index (χ1n) is 5.83. The van der Waals surface area contributed by atoms with E-state index in [9.17, 15) is 14.4 Å². The Morgan fingerprint density at radius 3 is 2.75 bits per heavy atom. The third-order valence-corrected chi connectivity index (χ3v) is 2.59. The Balaban J connectivity index is 2.13. The highest BCUT2D eigenvalue weighted by Crippen LogP contribution is 2.22. The van der Waals surface area contributed by atoms with Gasteiger partial charge >= 0.3 is 5.69 Å². The zero-order valence-corrected chi connectivity index (χ0v) is 10.8. The van der Waals surface area contributed by atoms with Crippen LogP contribution in [0.15, 0.2) is 46.1 Å². The van der Waals surface area contributed by atoms with Crippen LogP contribution in [-0.4, -0.2) is 22.6 Å². The van der Waals surface area contributed by atoms with Crippen molar-refractivity contribution in [2.75, 3.05) is 12.4 Å². The van der Waals surface area contributed by atoms with Gasteiger partial charge in [-0.25, -0.2) is 4.79 Å². The molecule has 2 N–H and O–H groups in total. The molecule has 1 amide bonds. The second-order valence-corrected chi connectivity index (χ2v) is 3.99. The summed E-state index contributed by atoms with van der Waals surface area (Å²) in [7, 11) is 1.50. The molecule has 2 rings (SSSR count). The normalized spacial score (nSPS) is 10.1. The lowest BCUT2D eigenvalue weighted by molar-refractivity contribution is -0.116. The fraction of sp³-hybridized carbons (Fsp3) is 0.154. The molecule has 7 nitrogen and oxygen atoms in total. The van der Waals surface area contributed by atoms with Gasteiger partial charge in [0.2, 0.25) is 5.91 Å². The number of anilines is 1. The van der Waals surface area contributed by atoms with E-state index < -0.39 is 17.2 Å². The minimum absolute atomic E-state index is 0.201. The Kier molecular flexibility index (Phi) is 3.99. The van der Waals surface area contributed by atoms with E-state index in [2.05, 4.69) is 10.3 Å². The van der Waals surface area contributed by atoms with Crippen molar-refractivity contribution >= 4 is 11.6 Å². The molecule has 104 valence electrons. The van der Waals surface area contributed by atoms with Crippen LogP contribution < -0.4 is 21.3 Å². The van der Waals surface area contributed by atoms with Crippen LogP contribution in [-0.2, 0) is 11.3 Å². The van der Waals surface area contributed by atoms with E-state index in [-0.39, 0.29) is 6.54 Å². The number of H-pyrrole nitrogens is 1. The van der Waals surface area contributed by atoms with Crippen molar-refractivity contribution in [2.45, 2.75) is 6.54 Å². The van der Waals surface area contributed by atoms with E-state index in [1.165, 1.54) is 19.4 Å². The van der Waals surface area contributed by atoms with Crippen LogP contribution in [0.2, 0.25) is 0 Å². The Labute approximate surface area is 113 Å². The summed E-state index contributed by atoms with van der Waals surface area (Å²) >= 11 is 0. The van der Waals surface area contributed by atoms with Crippen LogP contribution in [0.1, 0.15) is 0 Å². The number of methoxy groups -OCH3 is 1. The average Bonchev–Trinajstić information content (AvgIpc) is 2.42. The predicted molar refractivity (Wildman–Crippen MR) is 72.9 cm³/mol. The second-order valence-electron chi connectivity index (χ2n) is 3.99. The maximum absolute atomic E-state index is 11.9. The van der Waals surface area contributed by atoms with Crippen molar-refractivity contribution in [1.29, 1.82) is 0 Å². The number of ether oxygens (including phenoxy) is 1. The fourth-order valence-corrected chi connectivity index (χ4v) is 1.66. The molecular weight excluding hydrogens is 262 g/mol. The molecular formula is C13H13N3O4. The summed E-state index contributed by atoms with van der Waals surface area (Å²) in [6.07, 6.45) is 1.27. The van der Waals surface area contributed by atoms with Crippen LogP contribution in [0.25, 0.3) is 0 Å². The quantitative estimate of drug-likeness (QED) is 0.832. The van der Waals surface area contributed by atoms with E-state index in [0.717, 1.165) is 4.57 Å². The molecule has 0 bridgehead atoms. The highest BCUT2D eigenvalue weighted by molar-refractivity contribution is 5.92. The van der Waals surface area contributed by atoms with Crippen LogP contribution in [0.5, 0.6) is 5.75 Å². The van der Waals surface area contributed by atoms with Crippen LogP contribution in [0, 0.1) is 0 Å². The monoisotopic (exact) mass is 275 g/mol. The number of aromatic nitrogens is 2. The van der Waals surface area contributed by atoms with Crippen molar-refractivity contribution in [2.24, 2.45) is 0 Å². The van der Waals surface area contributed by atoms with E-state index in [4.69, 9.17) is 4.74 Å². The largest absolute Gasteiger partial charge is 0.495 e. The molecule has 0 aliphatic heterocycles. The minimum Gasteiger partial charge on any atom is -0.495 e. The molecule has 0 aliphatic rings. The third-order valence-electron chi connectivity index (χ3n) is 2.59. The smallest absolute Gasteiger partial charge is 0.328 e. The Bertz CT molecular complexity index is 733. The maximum atomic E-state index is 11.9. The molecule has 20 heavy (non-hydrogen) atoms. The van der Waals surface area contributed by atoms with Crippen molar-refractivity contribution in [1.82, 2.24) is 9.55 Å². The molecule has 0 aliphatic carbocycles. The molecule has 0 saturated heterocycles. The van der Waals surface area contributed by atoms with E-state index in [1.807, 2.05) is 0 Å². The molecule has 1 heterocycles. The number of rotatable bonds is 4. The average molecular weight is 275 g/mol. The van der Waals surface area contributed by atoms with Crippen molar-refractivity contribution < 1.29 is 9.53 Å². The standard InChI is InChI=1S/C13H13N3O4/c1-20-10-5-3-2-4-9(10)14-12(18)8-16-7-6-11(17)15-13(16)19/h2-7H,8H2,1H3,(H,14,18)(H,15,17,19). The minimum atomic E-state index is -0.632. The highest BCUT2D eigenvalue weighted by atomic mass is 16.5. The van der Waals surface area contributed by atoms with Crippen LogP contribution >= 0.6 is 0 Å². The van der Waals surface area contributed by atoms with E-state index in [1.54, 1.807) is 24.3 Å². The summed E-state index contributed by atoms with van der Waals surface area (Å²) in [6, 6.07) is 8.11. The van der Waals surface area contributed by atoms with Gasteiger partial charge in [-0.1, -0.05) is 12.1 Å². The molecule has 0 radical (unpaired) electrons. The molecule has 1 aromatic carbocycles. The zero-order chi connectivity index (χ0) is 14.5. The molecule has 7 heteroatoms. The van der Waals surface area contributed by atoms with Gasteiger partial charge in [-0.15, -0.1) is 0 Å². The predicted octanol–water partition coefficient (Wildman–Crippen LogP) is 0.184. The maximum Gasteiger partial charge on any atom is 0.328 e. The van der Waals surface area contributed by atoms with Gasteiger partial charge in [0.15, 0.2) is 0 Å². The molecule has 0 atom stereocenters. The summed E-state index contributed by atoms with van der Waals surface area (Å²) in [4.78, 5) is 36.3. The van der Waals surface area contributed by atoms with Gasteiger partial charge < -0.3 is 10.1 Å². The summed E-state index contributed by atoms with van der Waals surface area (Å²) < 4.78 is 6.21. The van der Waals surface area contributed by atoms with Gasteiger partial charge in [-0.05, 0) is 12.1 Å². The number of carbonyl (C=O) groups excluding carboxylic acids is 1. The number of para-hydroxylation sites is 2. The number of nitrogens with zero attached hydrogens (tertiary/aromatic N) is 1. The fourth-order valence-electron chi connectivity index (χ4n) is 1.66. The first-order chi connectivity index (χ1) is 9.60. The molecule has 2 aromatic rings. The van der Waals surface area contributed by atoms with Gasteiger partial charge in [0.25, 0.3) is 5.56 Å². The van der Waals surface area contributed by atoms with Gasteiger partial charge in [0, 0.05) is 12.3 Å². The molecule has 1 aromatic heterocycles. The summed E-state index contributed by atoms with van der Waals surface area (Å²) in [5, 5.41) is 2.64. The topological polar surface area (TPSA) is 93.2 Å². The van der Waals surface area contributed by atoms with Gasteiger partial charge in [-0.2, -0.15) is 0 Å². The Morgan fingerprint density at radius 1 is 1.30 bits per heavy atom.